The van der Waals surface area contributed by atoms with Crippen LogP contribution >= 0.6 is 0 Å². The van der Waals surface area contributed by atoms with Crippen molar-refractivity contribution in [3.05, 3.63) is 67.3 Å². The van der Waals surface area contributed by atoms with Crippen LogP contribution in [0.1, 0.15) is 0 Å². The van der Waals surface area contributed by atoms with Gasteiger partial charge in [0.05, 0.1) is 45.1 Å². The molecule has 172 valence electrons. The molecule has 0 aliphatic heterocycles. The normalized spacial score (nSPS) is 10.9. The lowest BCUT2D eigenvalue weighted by Crippen LogP contribution is -1.99. The summed E-state index contributed by atoms with van der Waals surface area (Å²) in [6.45, 7) is 0. The zero-order chi connectivity index (χ0) is 23.7. The largest absolute Gasteiger partial charge is 0.493 e. The molecule has 0 spiro atoms. The second kappa shape index (κ2) is 8.78. The van der Waals surface area contributed by atoms with E-state index in [0.29, 0.717) is 23.1 Å². The number of hydrogen-bond acceptors (Lipinski definition) is 7. The molecular weight excluding hydrogens is 432 g/mol. The molecule has 34 heavy (non-hydrogen) atoms. The summed E-state index contributed by atoms with van der Waals surface area (Å²) in [5, 5.41) is 7.57. The maximum Gasteiger partial charge on any atom is 0.203 e. The Labute approximate surface area is 196 Å². The third-order valence-corrected chi connectivity index (χ3v) is 5.50. The SMILES string of the molecule is COc1cc(Nc2cccc(-c3cnc4cc(-c5cnn(C)c5)ccn34)n2)cc(OC)c1OC. The highest BCUT2D eigenvalue weighted by atomic mass is 16.5. The van der Waals surface area contributed by atoms with Gasteiger partial charge in [0.25, 0.3) is 0 Å². The number of nitrogens with one attached hydrogen (secondary N) is 1. The molecule has 5 rings (SSSR count). The van der Waals surface area contributed by atoms with Gasteiger partial charge in [0.1, 0.15) is 11.5 Å². The van der Waals surface area contributed by atoms with Crippen LogP contribution in [-0.2, 0) is 7.05 Å². The number of fused-ring (bicyclic) bond motifs is 1. The van der Waals surface area contributed by atoms with E-state index in [1.165, 1.54) is 0 Å². The minimum Gasteiger partial charge on any atom is -0.493 e. The molecule has 0 saturated carbocycles. The zero-order valence-electron chi connectivity index (χ0n) is 19.3. The van der Waals surface area contributed by atoms with Gasteiger partial charge >= 0.3 is 0 Å². The molecule has 1 N–H and O–H groups in total. The van der Waals surface area contributed by atoms with Gasteiger partial charge in [-0.05, 0) is 29.8 Å². The van der Waals surface area contributed by atoms with Gasteiger partial charge in [-0.3, -0.25) is 9.08 Å². The van der Waals surface area contributed by atoms with Gasteiger partial charge in [0.15, 0.2) is 11.5 Å². The molecule has 1 aromatic carbocycles. The van der Waals surface area contributed by atoms with Gasteiger partial charge in [-0.25, -0.2) is 9.97 Å². The van der Waals surface area contributed by atoms with Crippen LogP contribution in [0, 0.1) is 0 Å². The van der Waals surface area contributed by atoms with E-state index in [1.54, 1.807) is 26.0 Å². The van der Waals surface area contributed by atoms with Crippen molar-refractivity contribution in [3.63, 3.8) is 0 Å². The molecule has 0 aliphatic rings. The maximum atomic E-state index is 5.45. The number of benzene rings is 1. The Bertz CT molecular complexity index is 1450. The van der Waals surface area contributed by atoms with Crippen LogP contribution in [0.3, 0.4) is 0 Å². The molecule has 9 heteroatoms. The molecule has 5 aromatic rings. The van der Waals surface area contributed by atoms with Crippen LogP contribution in [0.4, 0.5) is 11.5 Å². The molecule has 0 aliphatic carbocycles. The van der Waals surface area contributed by atoms with Gasteiger partial charge < -0.3 is 19.5 Å². The van der Waals surface area contributed by atoms with Gasteiger partial charge in [0, 0.05) is 42.8 Å². The molecule has 4 heterocycles. The minimum absolute atomic E-state index is 0.536. The Hall–Kier alpha value is -4.53. The van der Waals surface area contributed by atoms with Crippen molar-refractivity contribution in [2.24, 2.45) is 7.05 Å². The van der Waals surface area contributed by atoms with Crippen LogP contribution in [0.5, 0.6) is 17.2 Å². The number of ether oxygens (including phenoxy) is 3. The lowest BCUT2D eigenvalue weighted by atomic mass is 10.1. The predicted molar refractivity (Wildman–Crippen MR) is 130 cm³/mol. The van der Waals surface area contributed by atoms with E-state index in [2.05, 4.69) is 15.4 Å². The Morgan fingerprint density at radius 2 is 1.68 bits per heavy atom. The molecular formula is C25H24N6O3. The fourth-order valence-electron chi connectivity index (χ4n) is 3.87. The van der Waals surface area contributed by atoms with Gasteiger partial charge in [-0.15, -0.1) is 0 Å². The van der Waals surface area contributed by atoms with Crippen molar-refractivity contribution in [2.75, 3.05) is 26.6 Å². The Balaban J connectivity index is 1.47. The quantitative estimate of drug-likeness (QED) is 0.384. The van der Waals surface area contributed by atoms with Crippen molar-refractivity contribution in [3.8, 4) is 39.8 Å². The average Bonchev–Trinajstić information content (AvgIpc) is 3.49. The molecule has 0 radical (unpaired) electrons. The van der Waals surface area contributed by atoms with Gasteiger partial charge in [0.2, 0.25) is 5.75 Å². The maximum absolute atomic E-state index is 5.45. The number of aromatic nitrogens is 5. The molecule has 4 aromatic heterocycles. The zero-order valence-corrected chi connectivity index (χ0v) is 19.3. The summed E-state index contributed by atoms with van der Waals surface area (Å²) in [5.41, 5.74) is 5.38. The second-order valence-corrected chi connectivity index (χ2v) is 7.64. The summed E-state index contributed by atoms with van der Waals surface area (Å²) in [6, 6.07) is 13.6. The summed E-state index contributed by atoms with van der Waals surface area (Å²) >= 11 is 0. The second-order valence-electron chi connectivity index (χ2n) is 7.64. The first-order valence-corrected chi connectivity index (χ1v) is 10.6. The smallest absolute Gasteiger partial charge is 0.203 e. The highest BCUT2D eigenvalue weighted by molar-refractivity contribution is 5.71. The number of aryl methyl sites for hydroxylation is 1. The summed E-state index contributed by atoms with van der Waals surface area (Å²) in [7, 11) is 6.66. The van der Waals surface area contributed by atoms with Crippen LogP contribution in [0.15, 0.2) is 67.3 Å². The molecule has 9 nitrogen and oxygen atoms in total. The molecule has 0 amide bonds. The number of hydrogen-bond donors (Lipinski definition) is 1. The van der Waals surface area contributed by atoms with Crippen molar-refractivity contribution in [1.82, 2.24) is 24.1 Å². The minimum atomic E-state index is 0.536. The Kier molecular flexibility index (Phi) is 5.51. The number of anilines is 2. The van der Waals surface area contributed by atoms with Crippen LogP contribution in [-0.4, -0.2) is 45.5 Å². The number of pyridine rings is 2. The summed E-state index contributed by atoms with van der Waals surface area (Å²) in [6.07, 6.45) is 7.65. The van der Waals surface area contributed by atoms with Crippen molar-refractivity contribution in [1.29, 1.82) is 0 Å². The summed E-state index contributed by atoms with van der Waals surface area (Å²) in [4.78, 5) is 9.39. The standard InChI is InChI=1S/C25H24N6O3/c1-30-15-17(13-27-30)16-8-9-31-20(14-26-24(31)10-16)19-6-5-7-23(29-19)28-18-11-21(32-2)25(34-4)22(12-18)33-3/h5-15H,1-4H3,(H,28,29). The van der Waals surface area contributed by atoms with Gasteiger partial charge in [-0.2, -0.15) is 5.10 Å². The topological polar surface area (TPSA) is 87.7 Å². The van der Waals surface area contributed by atoms with Crippen molar-refractivity contribution in [2.45, 2.75) is 0 Å². The van der Waals surface area contributed by atoms with Gasteiger partial charge in [-0.1, -0.05) is 6.07 Å². The first-order valence-electron chi connectivity index (χ1n) is 10.6. The molecule has 0 unspecified atom stereocenters. The number of rotatable bonds is 7. The van der Waals surface area contributed by atoms with E-state index in [9.17, 15) is 0 Å². The van der Waals surface area contributed by atoms with Crippen molar-refractivity contribution >= 4 is 17.2 Å². The number of imidazole rings is 1. The van der Waals surface area contributed by atoms with E-state index in [1.807, 2.05) is 78.7 Å². The third kappa shape index (κ3) is 3.88. The first kappa shape index (κ1) is 21.3. The van der Waals surface area contributed by atoms with E-state index in [0.717, 1.165) is 33.8 Å². The van der Waals surface area contributed by atoms with Crippen LogP contribution < -0.4 is 19.5 Å². The highest BCUT2D eigenvalue weighted by Crippen LogP contribution is 2.40. The lowest BCUT2D eigenvalue weighted by molar-refractivity contribution is 0.324. The number of methoxy groups -OCH3 is 3. The highest BCUT2D eigenvalue weighted by Gasteiger charge is 2.14. The predicted octanol–water partition coefficient (Wildman–Crippen LogP) is 4.57. The van der Waals surface area contributed by atoms with E-state index >= 15 is 0 Å². The fraction of sp³-hybridized carbons (Fsp3) is 0.160. The van der Waals surface area contributed by atoms with E-state index in [-0.39, 0.29) is 0 Å². The number of nitrogens with zero attached hydrogens (tertiary/aromatic N) is 5. The van der Waals surface area contributed by atoms with Crippen molar-refractivity contribution < 1.29 is 14.2 Å². The molecule has 0 bridgehead atoms. The van der Waals surface area contributed by atoms with Crippen LogP contribution in [0.2, 0.25) is 0 Å². The monoisotopic (exact) mass is 456 g/mol. The summed E-state index contributed by atoms with van der Waals surface area (Å²) in [5.74, 6) is 2.33. The van der Waals surface area contributed by atoms with Crippen LogP contribution in [0.25, 0.3) is 28.2 Å². The van der Waals surface area contributed by atoms with E-state index < -0.39 is 0 Å². The molecule has 0 fully saturated rings. The van der Waals surface area contributed by atoms with E-state index in [4.69, 9.17) is 19.2 Å². The Morgan fingerprint density at radius 1 is 0.882 bits per heavy atom. The molecule has 0 atom stereocenters. The third-order valence-electron chi connectivity index (χ3n) is 5.50. The fourth-order valence-corrected chi connectivity index (χ4v) is 3.87. The molecule has 0 saturated heterocycles. The first-order chi connectivity index (χ1) is 16.6. The lowest BCUT2D eigenvalue weighted by Gasteiger charge is -2.15. The Morgan fingerprint density at radius 3 is 2.35 bits per heavy atom. The average molecular weight is 457 g/mol. The summed E-state index contributed by atoms with van der Waals surface area (Å²) < 4.78 is 20.1.